The molecular formula is C21H24N2O3. The third kappa shape index (κ3) is 5.55. The van der Waals surface area contributed by atoms with Gasteiger partial charge in [0, 0.05) is 28.9 Å². The largest absolute Gasteiger partial charge is 0.352 e. The van der Waals surface area contributed by atoms with Crippen LogP contribution in [0.5, 0.6) is 0 Å². The van der Waals surface area contributed by atoms with Gasteiger partial charge in [-0.3, -0.25) is 14.4 Å². The molecule has 0 aliphatic rings. The normalized spacial score (nSPS) is 10.2. The fourth-order valence-electron chi connectivity index (χ4n) is 2.47. The number of ketones is 1. The standard InChI is InChI=1S/C21H24N2O3/c1-3-4-5-13-22-20(25)16-9-11-17(12-10-16)21(26)23-19-8-6-7-18(14-19)15(2)24/h6-12,14H,3-5,13H2,1-2H3,(H,22,25)(H,23,26). The molecule has 0 spiro atoms. The molecule has 0 atom stereocenters. The van der Waals surface area contributed by atoms with Crippen LogP contribution in [-0.4, -0.2) is 24.1 Å². The maximum atomic E-state index is 12.3. The van der Waals surface area contributed by atoms with Gasteiger partial charge in [-0.1, -0.05) is 31.9 Å². The number of anilines is 1. The van der Waals surface area contributed by atoms with Crippen LogP contribution in [0.4, 0.5) is 5.69 Å². The zero-order valence-electron chi connectivity index (χ0n) is 15.2. The van der Waals surface area contributed by atoms with Crippen molar-refractivity contribution in [3.8, 4) is 0 Å². The molecule has 2 aromatic rings. The summed E-state index contributed by atoms with van der Waals surface area (Å²) >= 11 is 0. The summed E-state index contributed by atoms with van der Waals surface area (Å²) in [5.41, 5.74) is 2.07. The van der Waals surface area contributed by atoms with E-state index in [9.17, 15) is 14.4 Å². The Balaban J connectivity index is 1.97. The molecule has 26 heavy (non-hydrogen) atoms. The van der Waals surface area contributed by atoms with Gasteiger partial charge in [-0.25, -0.2) is 0 Å². The lowest BCUT2D eigenvalue weighted by molar-refractivity contribution is 0.0950. The van der Waals surface area contributed by atoms with Gasteiger partial charge >= 0.3 is 0 Å². The SMILES string of the molecule is CCCCCNC(=O)c1ccc(C(=O)Nc2cccc(C(C)=O)c2)cc1. The van der Waals surface area contributed by atoms with E-state index in [0.29, 0.717) is 28.9 Å². The highest BCUT2D eigenvalue weighted by molar-refractivity contribution is 6.05. The molecule has 0 fully saturated rings. The van der Waals surface area contributed by atoms with Crippen molar-refractivity contribution in [2.24, 2.45) is 0 Å². The highest BCUT2D eigenvalue weighted by atomic mass is 16.2. The fraction of sp³-hybridized carbons (Fsp3) is 0.286. The van der Waals surface area contributed by atoms with Crippen molar-refractivity contribution >= 4 is 23.3 Å². The molecule has 136 valence electrons. The zero-order valence-corrected chi connectivity index (χ0v) is 15.2. The van der Waals surface area contributed by atoms with Crippen molar-refractivity contribution in [2.45, 2.75) is 33.1 Å². The first-order valence-corrected chi connectivity index (χ1v) is 8.82. The predicted molar refractivity (Wildman–Crippen MR) is 103 cm³/mol. The molecule has 2 amide bonds. The van der Waals surface area contributed by atoms with Gasteiger partial charge in [0.25, 0.3) is 11.8 Å². The van der Waals surface area contributed by atoms with Crippen LogP contribution in [-0.2, 0) is 0 Å². The van der Waals surface area contributed by atoms with E-state index in [1.165, 1.54) is 6.92 Å². The number of rotatable bonds is 8. The molecule has 0 bridgehead atoms. The first-order chi connectivity index (χ1) is 12.5. The lowest BCUT2D eigenvalue weighted by Crippen LogP contribution is -2.24. The lowest BCUT2D eigenvalue weighted by Gasteiger charge is -2.08. The van der Waals surface area contributed by atoms with Gasteiger partial charge in [0.05, 0.1) is 0 Å². The van der Waals surface area contributed by atoms with Gasteiger partial charge in [0.2, 0.25) is 0 Å². The van der Waals surface area contributed by atoms with E-state index < -0.39 is 0 Å². The molecule has 0 radical (unpaired) electrons. The Kier molecular flexibility index (Phi) is 7.09. The minimum atomic E-state index is -0.291. The lowest BCUT2D eigenvalue weighted by atomic mass is 10.1. The Morgan fingerprint density at radius 3 is 2.12 bits per heavy atom. The topological polar surface area (TPSA) is 75.3 Å². The summed E-state index contributed by atoms with van der Waals surface area (Å²) in [6.07, 6.45) is 3.15. The summed E-state index contributed by atoms with van der Waals surface area (Å²) < 4.78 is 0. The number of hydrogen-bond acceptors (Lipinski definition) is 3. The summed E-state index contributed by atoms with van der Waals surface area (Å²) in [6.45, 7) is 4.25. The van der Waals surface area contributed by atoms with Crippen molar-refractivity contribution in [1.82, 2.24) is 5.32 Å². The average Bonchev–Trinajstić information content (AvgIpc) is 2.65. The van der Waals surface area contributed by atoms with Crippen LogP contribution in [0.2, 0.25) is 0 Å². The molecule has 2 N–H and O–H groups in total. The highest BCUT2D eigenvalue weighted by Gasteiger charge is 2.10. The third-order valence-electron chi connectivity index (χ3n) is 4.00. The molecule has 5 nitrogen and oxygen atoms in total. The van der Waals surface area contributed by atoms with Gasteiger partial charge in [0.15, 0.2) is 5.78 Å². The van der Waals surface area contributed by atoms with Crippen LogP contribution in [0.1, 0.15) is 64.2 Å². The van der Waals surface area contributed by atoms with Crippen molar-refractivity contribution < 1.29 is 14.4 Å². The molecular weight excluding hydrogens is 328 g/mol. The Hall–Kier alpha value is -2.95. The van der Waals surface area contributed by atoms with Gasteiger partial charge in [-0.15, -0.1) is 0 Å². The van der Waals surface area contributed by atoms with Crippen molar-refractivity contribution in [3.63, 3.8) is 0 Å². The Labute approximate surface area is 153 Å². The molecule has 0 aliphatic carbocycles. The third-order valence-corrected chi connectivity index (χ3v) is 4.00. The Bertz CT molecular complexity index is 782. The number of unbranched alkanes of at least 4 members (excludes halogenated alkanes) is 2. The first kappa shape index (κ1) is 19.4. The molecule has 0 saturated carbocycles. The van der Waals surface area contributed by atoms with Crippen LogP contribution >= 0.6 is 0 Å². The number of hydrogen-bond donors (Lipinski definition) is 2. The summed E-state index contributed by atoms with van der Waals surface area (Å²) in [7, 11) is 0. The molecule has 2 aromatic carbocycles. The highest BCUT2D eigenvalue weighted by Crippen LogP contribution is 2.13. The number of Topliss-reactive ketones (excluding diaryl/α,β-unsaturated/α-hetero) is 1. The minimum Gasteiger partial charge on any atom is -0.352 e. The van der Waals surface area contributed by atoms with E-state index in [1.54, 1.807) is 48.5 Å². The second kappa shape index (κ2) is 9.51. The minimum absolute atomic E-state index is 0.0598. The maximum absolute atomic E-state index is 12.3. The van der Waals surface area contributed by atoms with E-state index in [1.807, 2.05) is 0 Å². The first-order valence-electron chi connectivity index (χ1n) is 8.82. The van der Waals surface area contributed by atoms with Crippen LogP contribution in [0.25, 0.3) is 0 Å². The molecule has 2 rings (SSSR count). The summed E-state index contributed by atoms with van der Waals surface area (Å²) in [5.74, 6) is -0.488. The Morgan fingerprint density at radius 1 is 0.846 bits per heavy atom. The summed E-state index contributed by atoms with van der Waals surface area (Å²) in [4.78, 5) is 35.8. The number of carbonyl (C=O) groups is 3. The monoisotopic (exact) mass is 352 g/mol. The quantitative estimate of drug-likeness (QED) is 0.556. The second-order valence-corrected chi connectivity index (χ2v) is 6.13. The number of amides is 2. The maximum Gasteiger partial charge on any atom is 0.255 e. The van der Waals surface area contributed by atoms with Gasteiger partial charge in [-0.2, -0.15) is 0 Å². The molecule has 0 aliphatic heterocycles. The van der Waals surface area contributed by atoms with Crippen LogP contribution in [0.15, 0.2) is 48.5 Å². The number of benzene rings is 2. The molecule has 0 aromatic heterocycles. The fourth-order valence-corrected chi connectivity index (χ4v) is 2.47. The number of nitrogens with one attached hydrogen (secondary N) is 2. The van der Waals surface area contributed by atoms with Crippen molar-refractivity contribution in [1.29, 1.82) is 0 Å². The smallest absolute Gasteiger partial charge is 0.255 e. The van der Waals surface area contributed by atoms with Crippen LogP contribution in [0.3, 0.4) is 0 Å². The zero-order chi connectivity index (χ0) is 18.9. The van der Waals surface area contributed by atoms with Crippen molar-refractivity contribution in [2.75, 3.05) is 11.9 Å². The predicted octanol–water partition coefficient (Wildman–Crippen LogP) is 4.06. The van der Waals surface area contributed by atoms with Crippen LogP contribution < -0.4 is 10.6 Å². The van der Waals surface area contributed by atoms with Gasteiger partial charge < -0.3 is 10.6 Å². The average molecular weight is 352 g/mol. The molecule has 0 unspecified atom stereocenters. The van der Waals surface area contributed by atoms with E-state index in [2.05, 4.69) is 17.6 Å². The summed E-state index contributed by atoms with van der Waals surface area (Å²) in [6, 6.07) is 13.3. The van der Waals surface area contributed by atoms with Crippen LogP contribution in [0, 0.1) is 0 Å². The molecule has 0 heterocycles. The second-order valence-electron chi connectivity index (χ2n) is 6.13. The van der Waals surface area contributed by atoms with E-state index in [4.69, 9.17) is 0 Å². The van der Waals surface area contributed by atoms with E-state index in [-0.39, 0.29) is 17.6 Å². The van der Waals surface area contributed by atoms with Gasteiger partial charge in [-0.05, 0) is 49.7 Å². The van der Waals surface area contributed by atoms with Gasteiger partial charge in [0.1, 0.15) is 0 Å². The van der Waals surface area contributed by atoms with E-state index >= 15 is 0 Å². The Morgan fingerprint density at radius 2 is 1.50 bits per heavy atom. The number of carbonyl (C=O) groups excluding carboxylic acids is 3. The summed E-state index contributed by atoms with van der Waals surface area (Å²) in [5, 5.41) is 5.63. The molecule has 5 heteroatoms. The van der Waals surface area contributed by atoms with Crippen molar-refractivity contribution in [3.05, 3.63) is 65.2 Å². The van der Waals surface area contributed by atoms with E-state index in [0.717, 1.165) is 19.3 Å². The molecule has 0 saturated heterocycles.